The molecule has 3 aliphatic rings. The number of hydrogen-bond acceptors (Lipinski definition) is 4. The number of aromatic nitrogens is 3. The molecule has 224 valence electrons. The number of pyridine rings is 1. The number of imidazole rings is 1. The van der Waals surface area contributed by atoms with Crippen LogP contribution in [0.4, 0.5) is 35.5 Å². The summed E-state index contributed by atoms with van der Waals surface area (Å²) < 4.78 is 102. The van der Waals surface area contributed by atoms with E-state index >= 15 is 4.39 Å². The molecule has 0 aliphatic carbocycles. The second-order valence-electron chi connectivity index (χ2n) is 10.8. The Balaban J connectivity index is 1.28. The Morgan fingerprint density at radius 3 is 2.47 bits per heavy atom. The first-order valence-electron chi connectivity index (χ1n) is 13.2. The molecule has 1 N–H and O–H groups in total. The first-order chi connectivity index (χ1) is 20.3. The molecule has 0 atom stereocenters. The first-order valence-corrected chi connectivity index (χ1v) is 13.2. The van der Waals surface area contributed by atoms with Crippen molar-refractivity contribution in [3.05, 3.63) is 71.6 Å². The number of ketones is 1. The summed E-state index contributed by atoms with van der Waals surface area (Å²) in [5.74, 6) is -16.9. The lowest BCUT2D eigenvalue weighted by Crippen LogP contribution is -2.69. The molecule has 2 amide bonds. The van der Waals surface area contributed by atoms with Gasteiger partial charge in [-0.25, -0.2) is 14.2 Å². The molecule has 0 saturated carbocycles. The van der Waals surface area contributed by atoms with E-state index in [4.69, 9.17) is 0 Å². The van der Waals surface area contributed by atoms with Gasteiger partial charge in [0.15, 0.2) is 5.78 Å². The zero-order valence-electron chi connectivity index (χ0n) is 22.1. The molecule has 0 unspecified atom stereocenters. The van der Waals surface area contributed by atoms with Gasteiger partial charge in [-0.2, -0.15) is 26.3 Å². The maximum absolute atomic E-state index is 15.0. The number of benzene rings is 1. The molecule has 3 aliphatic heterocycles. The first kappa shape index (κ1) is 27.3. The summed E-state index contributed by atoms with van der Waals surface area (Å²) in [5.41, 5.74) is 3.15. The average molecular weight is 607 g/mol. The van der Waals surface area contributed by atoms with Gasteiger partial charge >= 0.3 is 23.8 Å². The van der Waals surface area contributed by atoms with E-state index in [9.17, 15) is 35.9 Å². The Morgan fingerprint density at radius 2 is 1.72 bits per heavy atom. The molecule has 0 spiro atoms. The third-order valence-corrected chi connectivity index (χ3v) is 8.12. The summed E-state index contributed by atoms with van der Waals surface area (Å²) in [4.78, 5) is 31.7. The molecular formula is C28H21F7N6O2. The minimum atomic E-state index is -5.62. The van der Waals surface area contributed by atoms with Crippen LogP contribution in [0.1, 0.15) is 16.8 Å². The Morgan fingerprint density at radius 1 is 0.977 bits per heavy atom. The van der Waals surface area contributed by atoms with E-state index in [1.807, 2.05) is 6.07 Å². The van der Waals surface area contributed by atoms with Crippen molar-refractivity contribution in [3.8, 4) is 0 Å². The smallest absolute Gasteiger partial charge is 0.375 e. The highest BCUT2D eigenvalue weighted by molar-refractivity contribution is 6.33. The van der Waals surface area contributed by atoms with Crippen molar-refractivity contribution in [2.45, 2.75) is 30.9 Å². The van der Waals surface area contributed by atoms with Gasteiger partial charge in [-0.15, -0.1) is 0 Å². The van der Waals surface area contributed by atoms with Gasteiger partial charge in [0.05, 0.1) is 48.3 Å². The van der Waals surface area contributed by atoms with Gasteiger partial charge in [-0.3, -0.25) is 9.20 Å². The van der Waals surface area contributed by atoms with Crippen molar-refractivity contribution in [3.63, 3.8) is 0 Å². The van der Waals surface area contributed by atoms with Crippen molar-refractivity contribution in [2.24, 2.45) is 0 Å². The second-order valence-corrected chi connectivity index (χ2v) is 10.8. The third kappa shape index (κ3) is 3.93. The Kier molecular flexibility index (Phi) is 5.69. The number of rotatable bonds is 2. The molecule has 7 rings (SSSR count). The van der Waals surface area contributed by atoms with Gasteiger partial charge in [0, 0.05) is 43.0 Å². The molecule has 3 aromatic heterocycles. The van der Waals surface area contributed by atoms with Crippen LogP contribution in [0.2, 0.25) is 0 Å². The SMILES string of the molecule is O=C1CNC(c2cnc3ccccn23)=C1c1cn2c3c(cc(F)cc13)CN(C(=O)N1CC(F)(F)C(F)(F)C(F)(F)C1)CC2. The van der Waals surface area contributed by atoms with E-state index < -0.39 is 42.7 Å². The number of nitrogens with one attached hydrogen (secondary N) is 1. The number of Topliss-reactive ketones (excluding diaryl/α,β-unsaturated/α-hetero) is 1. The van der Waals surface area contributed by atoms with E-state index in [-0.39, 0.29) is 42.4 Å². The number of alkyl halides is 6. The highest BCUT2D eigenvalue weighted by atomic mass is 19.3. The van der Waals surface area contributed by atoms with Crippen LogP contribution in [0, 0.1) is 5.82 Å². The van der Waals surface area contributed by atoms with Crippen LogP contribution in [-0.2, 0) is 17.9 Å². The van der Waals surface area contributed by atoms with Gasteiger partial charge in [-0.05, 0) is 29.8 Å². The highest BCUT2D eigenvalue weighted by Crippen LogP contribution is 2.49. The maximum atomic E-state index is 15.0. The summed E-state index contributed by atoms with van der Waals surface area (Å²) in [6.07, 6.45) is 5.01. The number of urea groups is 1. The summed E-state index contributed by atoms with van der Waals surface area (Å²) in [6.45, 7) is -4.33. The molecule has 43 heavy (non-hydrogen) atoms. The van der Waals surface area contributed by atoms with Crippen molar-refractivity contribution in [1.29, 1.82) is 0 Å². The number of amides is 2. The van der Waals surface area contributed by atoms with Crippen LogP contribution < -0.4 is 5.32 Å². The van der Waals surface area contributed by atoms with E-state index in [0.29, 0.717) is 39.1 Å². The number of halogens is 7. The lowest BCUT2D eigenvalue weighted by atomic mass is 9.98. The predicted molar refractivity (Wildman–Crippen MR) is 139 cm³/mol. The number of piperidine rings is 1. The van der Waals surface area contributed by atoms with Crippen LogP contribution in [0.5, 0.6) is 0 Å². The van der Waals surface area contributed by atoms with Crippen molar-refractivity contribution in [1.82, 2.24) is 29.1 Å². The van der Waals surface area contributed by atoms with Gasteiger partial charge in [-0.1, -0.05) is 6.07 Å². The summed E-state index contributed by atoms with van der Waals surface area (Å²) in [5, 5.41) is 3.45. The van der Waals surface area contributed by atoms with Gasteiger partial charge in [0.1, 0.15) is 11.5 Å². The van der Waals surface area contributed by atoms with Crippen molar-refractivity contribution >= 4 is 39.6 Å². The van der Waals surface area contributed by atoms with E-state index in [1.165, 1.54) is 6.07 Å². The number of hydrogen-bond donors (Lipinski definition) is 1. The second kappa shape index (κ2) is 8.97. The normalized spacial score (nSPS) is 21.0. The monoisotopic (exact) mass is 606 g/mol. The number of nitrogens with zero attached hydrogens (tertiary/aromatic N) is 5. The molecule has 1 fully saturated rings. The van der Waals surface area contributed by atoms with Crippen LogP contribution >= 0.6 is 0 Å². The minimum Gasteiger partial charge on any atom is -0.375 e. The van der Waals surface area contributed by atoms with Gasteiger partial charge < -0.3 is 19.7 Å². The highest BCUT2D eigenvalue weighted by Gasteiger charge is 2.75. The zero-order chi connectivity index (χ0) is 30.5. The number of carbonyl (C=O) groups excluding carboxylic acids is 2. The largest absolute Gasteiger partial charge is 0.375 e. The molecule has 1 saturated heterocycles. The Hall–Kier alpha value is -4.56. The number of likely N-dealkylation sites (tertiary alicyclic amines) is 1. The Labute approximate surface area is 238 Å². The van der Waals surface area contributed by atoms with Crippen molar-refractivity contribution in [2.75, 3.05) is 26.2 Å². The molecule has 8 nitrogen and oxygen atoms in total. The summed E-state index contributed by atoms with van der Waals surface area (Å²) in [6, 6.07) is 6.48. The quantitative estimate of drug-likeness (QED) is 0.338. The number of fused-ring (bicyclic) bond motifs is 1. The molecule has 4 aromatic rings. The van der Waals surface area contributed by atoms with Gasteiger partial charge in [0.2, 0.25) is 0 Å². The average Bonchev–Trinajstić information content (AvgIpc) is 3.59. The minimum absolute atomic E-state index is 0.00793. The molecule has 15 heteroatoms. The fourth-order valence-corrected chi connectivity index (χ4v) is 6.11. The van der Waals surface area contributed by atoms with E-state index in [2.05, 4.69) is 10.3 Å². The molecular weight excluding hydrogens is 585 g/mol. The van der Waals surface area contributed by atoms with Crippen molar-refractivity contribution < 1.29 is 40.3 Å². The van der Waals surface area contributed by atoms with E-state index in [1.54, 1.807) is 39.7 Å². The Bertz CT molecular complexity index is 1860. The topological polar surface area (TPSA) is 74.9 Å². The predicted octanol–water partition coefficient (Wildman–Crippen LogP) is 4.63. The van der Waals surface area contributed by atoms with Gasteiger partial charge in [0.25, 0.3) is 0 Å². The fraction of sp³-hybridized carbons (Fsp3) is 0.321. The summed E-state index contributed by atoms with van der Waals surface area (Å²) in [7, 11) is 0. The zero-order valence-corrected chi connectivity index (χ0v) is 22.1. The lowest BCUT2D eigenvalue weighted by Gasteiger charge is -2.43. The molecule has 0 radical (unpaired) electrons. The molecule has 6 heterocycles. The number of carbonyl (C=O) groups is 2. The fourth-order valence-electron chi connectivity index (χ4n) is 6.11. The maximum Gasteiger partial charge on any atom is 0.375 e. The van der Waals surface area contributed by atoms with Crippen LogP contribution in [-0.4, -0.2) is 79.5 Å². The third-order valence-electron chi connectivity index (χ3n) is 8.12. The molecule has 1 aromatic carbocycles. The lowest BCUT2D eigenvalue weighted by molar-refractivity contribution is -0.333. The summed E-state index contributed by atoms with van der Waals surface area (Å²) >= 11 is 0. The molecule has 0 bridgehead atoms. The van der Waals surface area contributed by atoms with Crippen LogP contribution in [0.25, 0.3) is 27.8 Å². The standard InChI is InChI=1S/C28H21F7N6O2/c29-16-7-15-11-39(25(43)40-13-26(30,31)28(34,35)27(32,33)14-40)6-5-38-12-18(17(8-16)24(15)38)22-20(42)10-37-23(22)19-9-36-21-3-1-2-4-41(19)21/h1-4,7-9,12,37H,5-6,10-11,13-14H2. The van der Waals surface area contributed by atoms with Crippen LogP contribution in [0.15, 0.2) is 48.9 Å². The van der Waals surface area contributed by atoms with Crippen LogP contribution in [0.3, 0.4) is 0 Å². The van der Waals surface area contributed by atoms with E-state index in [0.717, 1.165) is 11.0 Å².